The van der Waals surface area contributed by atoms with Gasteiger partial charge in [0.25, 0.3) is 0 Å². The standard InChI is InChI=1S/C12H26N2/c1-12(2,3)14-11-6-4-10(5-7-11)8-9-13/h10-11,14H,4-9,13H2,1-3H3/t10-,11-. The van der Waals surface area contributed by atoms with Crippen LogP contribution in [0, 0.1) is 5.92 Å². The molecule has 14 heavy (non-hydrogen) atoms. The van der Waals surface area contributed by atoms with Crippen LogP contribution in [-0.2, 0) is 0 Å². The summed E-state index contributed by atoms with van der Waals surface area (Å²) in [4.78, 5) is 0. The van der Waals surface area contributed by atoms with Gasteiger partial charge >= 0.3 is 0 Å². The molecule has 0 aromatic heterocycles. The highest BCUT2D eigenvalue weighted by Gasteiger charge is 2.23. The first-order valence-corrected chi connectivity index (χ1v) is 5.99. The van der Waals surface area contributed by atoms with E-state index in [2.05, 4.69) is 26.1 Å². The summed E-state index contributed by atoms with van der Waals surface area (Å²) in [6.45, 7) is 7.61. The molecule has 84 valence electrons. The minimum atomic E-state index is 0.269. The van der Waals surface area contributed by atoms with Crippen molar-refractivity contribution in [3.63, 3.8) is 0 Å². The summed E-state index contributed by atoms with van der Waals surface area (Å²) in [6.07, 6.45) is 6.63. The first-order chi connectivity index (χ1) is 6.51. The lowest BCUT2D eigenvalue weighted by Gasteiger charge is -2.34. The predicted octanol–water partition coefficient (Wildman–Crippen LogP) is 2.28. The summed E-state index contributed by atoms with van der Waals surface area (Å²) in [5.41, 5.74) is 5.85. The van der Waals surface area contributed by atoms with Crippen LogP contribution in [0.4, 0.5) is 0 Å². The molecule has 1 fully saturated rings. The van der Waals surface area contributed by atoms with E-state index in [0.717, 1.165) is 18.5 Å². The van der Waals surface area contributed by atoms with Crippen molar-refractivity contribution >= 4 is 0 Å². The molecule has 2 heteroatoms. The molecule has 0 unspecified atom stereocenters. The molecule has 1 aliphatic rings. The third-order valence-electron chi connectivity index (χ3n) is 3.06. The number of hydrogen-bond acceptors (Lipinski definition) is 2. The van der Waals surface area contributed by atoms with Crippen LogP contribution in [0.25, 0.3) is 0 Å². The molecule has 0 amide bonds. The molecule has 2 nitrogen and oxygen atoms in total. The largest absolute Gasteiger partial charge is 0.330 e. The molecule has 0 saturated heterocycles. The number of nitrogens with two attached hydrogens (primary N) is 1. The SMILES string of the molecule is CC(C)(C)N[C@H]1CC[C@H](CCN)CC1. The highest BCUT2D eigenvalue weighted by Crippen LogP contribution is 2.27. The zero-order valence-electron chi connectivity index (χ0n) is 9.97. The second kappa shape index (κ2) is 5.13. The fraction of sp³-hybridized carbons (Fsp3) is 1.00. The smallest absolute Gasteiger partial charge is 0.00990 e. The van der Waals surface area contributed by atoms with Crippen LogP contribution < -0.4 is 11.1 Å². The average Bonchev–Trinajstić information content (AvgIpc) is 2.06. The first kappa shape index (κ1) is 12.0. The molecular formula is C12H26N2. The van der Waals surface area contributed by atoms with E-state index in [1.807, 2.05) is 0 Å². The minimum absolute atomic E-state index is 0.269. The molecule has 1 saturated carbocycles. The fourth-order valence-corrected chi connectivity index (χ4v) is 2.44. The summed E-state index contributed by atoms with van der Waals surface area (Å²) >= 11 is 0. The van der Waals surface area contributed by atoms with Crippen LogP contribution >= 0.6 is 0 Å². The Hall–Kier alpha value is -0.0800. The molecule has 0 heterocycles. The van der Waals surface area contributed by atoms with Gasteiger partial charge in [0.2, 0.25) is 0 Å². The van der Waals surface area contributed by atoms with E-state index in [-0.39, 0.29) is 5.54 Å². The molecular weight excluding hydrogens is 172 g/mol. The molecule has 0 radical (unpaired) electrons. The van der Waals surface area contributed by atoms with Gasteiger partial charge in [0.05, 0.1) is 0 Å². The monoisotopic (exact) mass is 198 g/mol. The van der Waals surface area contributed by atoms with Gasteiger partial charge < -0.3 is 11.1 Å². The van der Waals surface area contributed by atoms with Gasteiger partial charge in [0.15, 0.2) is 0 Å². The third-order valence-corrected chi connectivity index (χ3v) is 3.06. The molecule has 0 aromatic rings. The zero-order chi connectivity index (χ0) is 10.6. The van der Waals surface area contributed by atoms with Crippen molar-refractivity contribution in [2.24, 2.45) is 11.7 Å². The Kier molecular flexibility index (Phi) is 4.39. The quantitative estimate of drug-likeness (QED) is 0.730. The Balaban J connectivity index is 2.22. The van der Waals surface area contributed by atoms with Crippen LogP contribution in [0.5, 0.6) is 0 Å². The van der Waals surface area contributed by atoms with E-state index in [9.17, 15) is 0 Å². The summed E-state index contributed by atoms with van der Waals surface area (Å²) < 4.78 is 0. The van der Waals surface area contributed by atoms with Gasteiger partial charge in [-0.3, -0.25) is 0 Å². The molecule has 1 aliphatic carbocycles. The van der Waals surface area contributed by atoms with Gasteiger partial charge in [-0.2, -0.15) is 0 Å². The number of hydrogen-bond donors (Lipinski definition) is 2. The van der Waals surface area contributed by atoms with Crippen molar-refractivity contribution in [2.45, 2.75) is 64.5 Å². The van der Waals surface area contributed by atoms with E-state index < -0.39 is 0 Å². The van der Waals surface area contributed by atoms with Crippen LogP contribution in [0.1, 0.15) is 52.9 Å². The summed E-state index contributed by atoms with van der Waals surface area (Å²) in [5.74, 6) is 0.901. The average molecular weight is 198 g/mol. The highest BCUT2D eigenvalue weighted by atomic mass is 15.0. The van der Waals surface area contributed by atoms with Gasteiger partial charge in [-0.05, 0) is 65.3 Å². The Labute approximate surface area is 88.6 Å². The maximum Gasteiger partial charge on any atom is 0.00990 e. The van der Waals surface area contributed by atoms with Crippen molar-refractivity contribution < 1.29 is 0 Å². The third kappa shape index (κ3) is 4.43. The summed E-state index contributed by atoms with van der Waals surface area (Å²) in [6, 6.07) is 0.740. The molecule has 0 atom stereocenters. The summed E-state index contributed by atoms with van der Waals surface area (Å²) in [5, 5.41) is 3.69. The van der Waals surface area contributed by atoms with Crippen LogP contribution in [0.15, 0.2) is 0 Å². The Morgan fingerprint density at radius 3 is 2.14 bits per heavy atom. The molecule has 1 rings (SSSR count). The molecule has 0 spiro atoms. The van der Waals surface area contributed by atoms with Crippen molar-refractivity contribution in [3.05, 3.63) is 0 Å². The van der Waals surface area contributed by atoms with Crippen molar-refractivity contribution in [1.82, 2.24) is 5.32 Å². The normalized spacial score (nSPS) is 29.1. The van der Waals surface area contributed by atoms with E-state index in [0.29, 0.717) is 0 Å². The van der Waals surface area contributed by atoms with E-state index in [1.54, 1.807) is 0 Å². The van der Waals surface area contributed by atoms with Crippen molar-refractivity contribution in [2.75, 3.05) is 6.54 Å². The van der Waals surface area contributed by atoms with Gasteiger partial charge in [-0.1, -0.05) is 0 Å². The van der Waals surface area contributed by atoms with E-state index >= 15 is 0 Å². The topological polar surface area (TPSA) is 38.0 Å². The van der Waals surface area contributed by atoms with E-state index in [1.165, 1.54) is 32.1 Å². The highest BCUT2D eigenvalue weighted by molar-refractivity contribution is 4.82. The molecule has 0 aliphatic heterocycles. The number of rotatable bonds is 3. The van der Waals surface area contributed by atoms with Crippen LogP contribution in [-0.4, -0.2) is 18.1 Å². The van der Waals surface area contributed by atoms with Gasteiger partial charge in [-0.25, -0.2) is 0 Å². The van der Waals surface area contributed by atoms with E-state index in [4.69, 9.17) is 5.73 Å². The molecule has 0 aromatic carbocycles. The fourth-order valence-electron chi connectivity index (χ4n) is 2.44. The number of nitrogens with one attached hydrogen (secondary N) is 1. The Morgan fingerprint density at radius 2 is 1.71 bits per heavy atom. The van der Waals surface area contributed by atoms with Gasteiger partial charge in [0.1, 0.15) is 0 Å². The second-order valence-corrected chi connectivity index (χ2v) is 5.69. The van der Waals surface area contributed by atoms with Crippen molar-refractivity contribution in [1.29, 1.82) is 0 Å². The van der Waals surface area contributed by atoms with Crippen LogP contribution in [0.3, 0.4) is 0 Å². The molecule has 3 N–H and O–H groups in total. The molecule has 0 bridgehead atoms. The van der Waals surface area contributed by atoms with Gasteiger partial charge in [0, 0.05) is 11.6 Å². The zero-order valence-corrected chi connectivity index (χ0v) is 9.97. The van der Waals surface area contributed by atoms with Gasteiger partial charge in [-0.15, -0.1) is 0 Å². The maximum atomic E-state index is 5.58. The minimum Gasteiger partial charge on any atom is -0.330 e. The van der Waals surface area contributed by atoms with Crippen molar-refractivity contribution in [3.8, 4) is 0 Å². The Morgan fingerprint density at radius 1 is 1.14 bits per heavy atom. The second-order valence-electron chi connectivity index (χ2n) is 5.69. The predicted molar refractivity (Wildman–Crippen MR) is 62.3 cm³/mol. The lowest BCUT2D eigenvalue weighted by Crippen LogP contribution is -2.45. The van der Waals surface area contributed by atoms with Crippen LogP contribution in [0.2, 0.25) is 0 Å². The first-order valence-electron chi connectivity index (χ1n) is 5.99. The lowest BCUT2D eigenvalue weighted by molar-refractivity contribution is 0.244. The maximum absolute atomic E-state index is 5.58. The Bertz CT molecular complexity index is 152. The summed E-state index contributed by atoms with van der Waals surface area (Å²) in [7, 11) is 0. The lowest BCUT2D eigenvalue weighted by atomic mass is 9.83.